The Hall–Kier alpha value is -0.750. The lowest BCUT2D eigenvalue weighted by atomic mass is 9.90. The fourth-order valence-corrected chi connectivity index (χ4v) is 0.691. The van der Waals surface area contributed by atoms with Crippen LogP contribution in [0.15, 0.2) is 0 Å². The average molecular weight is 189 g/mol. The average Bonchev–Trinajstić information content (AvgIpc) is 2.03. The van der Waals surface area contributed by atoms with Crippen molar-refractivity contribution in [1.29, 1.82) is 5.26 Å². The van der Waals surface area contributed by atoms with Gasteiger partial charge in [-0.25, -0.2) is 0 Å². The summed E-state index contributed by atoms with van der Waals surface area (Å²) in [6, 6.07) is 2.05. The Morgan fingerprint density at radius 3 is 2.50 bits per heavy atom. The van der Waals surface area contributed by atoms with Gasteiger partial charge in [0.2, 0.25) is 5.91 Å². The fraction of sp³-hybridized carbons (Fsp3) is 0.750. The molecule has 0 aromatic rings. The van der Waals surface area contributed by atoms with Crippen molar-refractivity contribution in [3.8, 4) is 6.07 Å². The Kier molecular flexibility index (Phi) is 4.05. The number of alkyl halides is 1. The molecule has 0 bridgehead atoms. The zero-order valence-corrected chi connectivity index (χ0v) is 8.27. The third-order valence-electron chi connectivity index (χ3n) is 1.91. The monoisotopic (exact) mass is 188 g/mol. The van der Waals surface area contributed by atoms with E-state index in [0.29, 0.717) is 0 Å². The van der Waals surface area contributed by atoms with E-state index in [9.17, 15) is 4.79 Å². The SMILES string of the molecule is CC(C)[C@@](C)(C#N)NC(=O)CCl. The molecule has 1 N–H and O–H groups in total. The quantitative estimate of drug-likeness (QED) is 0.679. The molecule has 0 radical (unpaired) electrons. The summed E-state index contributed by atoms with van der Waals surface area (Å²) in [7, 11) is 0. The van der Waals surface area contributed by atoms with Gasteiger partial charge in [-0.15, -0.1) is 11.6 Å². The molecule has 68 valence electrons. The van der Waals surface area contributed by atoms with Crippen LogP contribution >= 0.6 is 11.6 Å². The molecule has 0 spiro atoms. The zero-order valence-electron chi connectivity index (χ0n) is 7.52. The lowest BCUT2D eigenvalue weighted by Crippen LogP contribution is -2.49. The highest BCUT2D eigenvalue weighted by atomic mass is 35.5. The summed E-state index contributed by atoms with van der Waals surface area (Å²) < 4.78 is 0. The maximum absolute atomic E-state index is 10.9. The third-order valence-corrected chi connectivity index (χ3v) is 2.15. The molecule has 0 aromatic carbocycles. The Bertz CT molecular complexity index is 210. The zero-order chi connectivity index (χ0) is 9.78. The van der Waals surface area contributed by atoms with Crippen LogP contribution in [0, 0.1) is 17.2 Å². The number of nitrogens with one attached hydrogen (secondary N) is 1. The van der Waals surface area contributed by atoms with Crippen LogP contribution in [0.2, 0.25) is 0 Å². The fourth-order valence-electron chi connectivity index (χ4n) is 0.624. The van der Waals surface area contributed by atoms with Crippen molar-refractivity contribution in [1.82, 2.24) is 5.32 Å². The van der Waals surface area contributed by atoms with Crippen LogP contribution in [-0.4, -0.2) is 17.3 Å². The van der Waals surface area contributed by atoms with Crippen molar-refractivity contribution in [3.63, 3.8) is 0 Å². The highest BCUT2D eigenvalue weighted by Gasteiger charge is 2.29. The van der Waals surface area contributed by atoms with Crippen LogP contribution in [0.5, 0.6) is 0 Å². The molecule has 1 atom stereocenters. The maximum atomic E-state index is 10.9. The number of carbonyl (C=O) groups is 1. The van der Waals surface area contributed by atoms with Crippen molar-refractivity contribution in [2.75, 3.05) is 5.88 Å². The van der Waals surface area contributed by atoms with Gasteiger partial charge in [0.25, 0.3) is 0 Å². The Morgan fingerprint density at radius 2 is 2.25 bits per heavy atom. The van der Waals surface area contributed by atoms with Crippen LogP contribution < -0.4 is 5.32 Å². The predicted octanol–water partition coefficient (Wildman–Crippen LogP) is 1.28. The summed E-state index contributed by atoms with van der Waals surface area (Å²) in [6.45, 7) is 5.43. The molecular formula is C8H13ClN2O. The van der Waals surface area contributed by atoms with Gasteiger partial charge >= 0.3 is 0 Å². The summed E-state index contributed by atoms with van der Waals surface area (Å²) in [4.78, 5) is 10.9. The van der Waals surface area contributed by atoms with Gasteiger partial charge in [-0.1, -0.05) is 13.8 Å². The normalized spacial score (nSPS) is 15.0. The van der Waals surface area contributed by atoms with E-state index in [2.05, 4.69) is 11.4 Å². The summed E-state index contributed by atoms with van der Waals surface area (Å²) >= 11 is 5.30. The first kappa shape index (κ1) is 11.2. The van der Waals surface area contributed by atoms with Gasteiger partial charge in [0.05, 0.1) is 6.07 Å². The molecule has 0 unspecified atom stereocenters. The van der Waals surface area contributed by atoms with Gasteiger partial charge in [-0.2, -0.15) is 5.26 Å². The molecular weight excluding hydrogens is 176 g/mol. The lowest BCUT2D eigenvalue weighted by Gasteiger charge is -2.26. The molecule has 0 aliphatic heterocycles. The number of nitrogens with zero attached hydrogens (tertiary/aromatic N) is 1. The highest BCUT2D eigenvalue weighted by Crippen LogP contribution is 2.14. The number of nitriles is 1. The van der Waals surface area contributed by atoms with Gasteiger partial charge in [0, 0.05) is 0 Å². The topological polar surface area (TPSA) is 52.9 Å². The Labute approximate surface area is 77.7 Å². The molecule has 12 heavy (non-hydrogen) atoms. The minimum Gasteiger partial charge on any atom is -0.337 e. The predicted molar refractivity (Wildman–Crippen MR) is 47.7 cm³/mol. The van der Waals surface area contributed by atoms with Crippen molar-refractivity contribution in [2.45, 2.75) is 26.3 Å². The van der Waals surface area contributed by atoms with Crippen molar-refractivity contribution >= 4 is 17.5 Å². The molecule has 3 nitrogen and oxygen atoms in total. The minimum atomic E-state index is -0.814. The van der Waals surface area contributed by atoms with E-state index in [1.165, 1.54) is 0 Å². The van der Waals surface area contributed by atoms with Gasteiger partial charge in [0.1, 0.15) is 11.4 Å². The number of amides is 1. The van der Waals surface area contributed by atoms with Crippen molar-refractivity contribution in [3.05, 3.63) is 0 Å². The molecule has 0 aromatic heterocycles. The van der Waals surface area contributed by atoms with Gasteiger partial charge in [-0.3, -0.25) is 4.79 Å². The van der Waals surface area contributed by atoms with Crippen molar-refractivity contribution < 1.29 is 4.79 Å². The van der Waals surface area contributed by atoms with Crippen LogP contribution in [-0.2, 0) is 4.79 Å². The second kappa shape index (κ2) is 4.32. The molecule has 1 amide bonds. The van der Waals surface area contributed by atoms with E-state index < -0.39 is 5.54 Å². The van der Waals surface area contributed by atoms with Crippen LogP contribution in [0.1, 0.15) is 20.8 Å². The number of rotatable bonds is 3. The Morgan fingerprint density at radius 1 is 1.75 bits per heavy atom. The molecule has 0 saturated heterocycles. The van der Waals surface area contributed by atoms with E-state index in [4.69, 9.17) is 16.9 Å². The summed E-state index contributed by atoms with van der Waals surface area (Å²) in [6.07, 6.45) is 0. The van der Waals surface area contributed by atoms with Crippen LogP contribution in [0.25, 0.3) is 0 Å². The molecule has 0 fully saturated rings. The molecule has 4 heteroatoms. The lowest BCUT2D eigenvalue weighted by molar-refractivity contribution is -0.120. The van der Waals surface area contributed by atoms with Gasteiger partial charge in [0.15, 0.2) is 0 Å². The maximum Gasteiger partial charge on any atom is 0.236 e. The summed E-state index contributed by atoms with van der Waals surface area (Å²) in [5, 5.41) is 11.4. The minimum absolute atomic E-state index is 0.0645. The van der Waals surface area contributed by atoms with Crippen LogP contribution in [0.3, 0.4) is 0 Å². The highest BCUT2D eigenvalue weighted by molar-refractivity contribution is 6.27. The summed E-state index contributed by atoms with van der Waals surface area (Å²) in [5.74, 6) is -0.353. The largest absolute Gasteiger partial charge is 0.337 e. The molecule has 0 rings (SSSR count). The first-order valence-corrected chi connectivity index (χ1v) is 4.28. The van der Waals surface area contributed by atoms with Gasteiger partial charge < -0.3 is 5.32 Å². The van der Waals surface area contributed by atoms with Crippen LogP contribution in [0.4, 0.5) is 0 Å². The third kappa shape index (κ3) is 2.71. The van der Waals surface area contributed by atoms with E-state index >= 15 is 0 Å². The standard InChI is InChI=1S/C8H13ClN2O/c1-6(2)8(3,5-10)11-7(12)4-9/h6H,4H2,1-3H3,(H,11,12)/t8-/m1/s1. The smallest absolute Gasteiger partial charge is 0.236 e. The molecule has 0 saturated carbocycles. The second-order valence-corrected chi connectivity index (χ2v) is 3.42. The van der Waals surface area contributed by atoms with Gasteiger partial charge in [-0.05, 0) is 12.8 Å². The first-order chi connectivity index (χ1) is 5.46. The molecule has 0 aliphatic carbocycles. The number of hydrogen-bond donors (Lipinski definition) is 1. The molecule has 0 aliphatic rings. The summed E-state index contributed by atoms with van der Waals surface area (Å²) in [5.41, 5.74) is -0.814. The molecule has 0 heterocycles. The van der Waals surface area contributed by atoms with E-state index in [1.807, 2.05) is 13.8 Å². The van der Waals surface area contributed by atoms with Crippen molar-refractivity contribution in [2.24, 2.45) is 5.92 Å². The van der Waals surface area contributed by atoms with E-state index in [-0.39, 0.29) is 17.7 Å². The van der Waals surface area contributed by atoms with E-state index in [1.54, 1.807) is 6.92 Å². The number of halogens is 1. The second-order valence-electron chi connectivity index (χ2n) is 3.15. The first-order valence-electron chi connectivity index (χ1n) is 3.74. The number of carbonyl (C=O) groups excluding carboxylic acids is 1. The number of hydrogen-bond acceptors (Lipinski definition) is 2. The van der Waals surface area contributed by atoms with E-state index in [0.717, 1.165) is 0 Å². The Balaban J connectivity index is 4.37.